The van der Waals surface area contributed by atoms with Crippen molar-refractivity contribution in [1.82, 2.24) is 5.32 Å². The number of benzene rings is 1. The summed E-state index contributed by atoms with van der Waals surface area (Å²) in [6.07, 6.45) is 0.755. The molecule has 6 nitrogen and oxygen atoms in total. The van der Waals surface area contributed by atoms with Crippen molar-refractivity contribution in [2.75, 3.05) is 19.4 Å². The van der Waals surface area contributed by atoms with Gasteiger partial charge in [0.2, 0.25) is 5.91 Å². The van der Waals surface area contributed by atoms with E-state index in [1.165, 1.54) is 11.3 Å². The van der Waals surface area contributed by atoms with Crippen molar-refractivity contribution in [3.8, 4) is 5.75 Å². The van der Waals surface area contributed by atoms with E-state index in [1.807, 2.05) is 12.1 Å². The molecule has 0 aliphatic carbocycles. The van der Waals surface area contributed by atoms with Gasteiger partial charge in [-0.2, -0.15) is 0 Å². The number of fused-ring (bicyclic) bond motifs is 1. The predicted molar refractivity (Wildman–Crippen MR) is 83.6 cm³/mol. The van der Waals surface area contributed by atoms with Crippen LogP contribution in [0.5, 0.6) is 5.75 Å². The molecule has 0 atom stereocenters. The number of primary amides is 1. The van der Waals surface area contributed by atoms with Crippen molar-refractivity contribution in [2.24, 2.45) is 5.73 Å². The molecule has 21 heavy (non-hydrogen) atoms. The Morgan fingerprint density at radius 2 is 2.14 bits per heavy atom. The molecule has 112 valence electrons. The third kappa shape index (κ3) is 3.25. The monoisotopic (exact) mass is 307 g/mol. The van der Waals surface area contributed by atoms with Crippen LogP contribution < -0.4 is 21.5 Å². The highest BCUT2D eigenvalue weighted by Gasteiger charge is 2.18. The summed E-state index contributed by atoms with van der Waals surface area (Å²) in [5, 5.41) is 3.49. The van der Waals surface area contributed by atoms with Crippen LogP contribution in [0.25, 0.3) is 10.1 Å². The van der Waals surface area contributed by atoms with Gasteiger partial charge >= 0.3 is 0 Å². The molecule has 0 aliphatic heterocycles. The number of hydrogen-bond acceptors (Lipinski definition) is 5. The summed E-state index contributed by atoms with van der Waals surface area (Å²) in [4.78, 5) is 23.2. The summed E-state index contributed by atoms with van der Waals surface area (Å²) >= 11 is 1.32. The van der Waals surface area contributed by atoms with Crippen LogP contribution in [0.15, 0.2) is 18.2 Å². The fourth-order valence-electron chi connectivity index (χ4n) is 2.02. The number of thiophene rings is 1. The van der Waals surface area contributed by atoms with Crippen LogP contribution in [0.4, 0.5) is 5.69 Å². The highest BCUT2D eigenvalue weighted by molar-refractivity contribution is 7.21. The topological polar surface area (TPSA) is 107 Å². The minimum Gasteiger partial charge on any atom is -0.496 e. The van der Waals surface area contributed by atoms with Gasteiger partial charge in [0.1, 0.15) is 10.6 Å². The number of carbonyl (C=O) groups is 2. The maximum atomic E-state index is 12.1. The van der Waals surface area contributed by atoms with Crippen molar-refractivity contribution in [2.45, 2.75) is 12.8 Å². The van der Waals surface area contributed by atoms with E-state index in [1.54, 1.807) is 13.2 Å². The quantitative estimate of drug-likeness (QED) is 0.703. The van der Waals surface area contributed by atoms with Gasteiger partial charge in [0.15, 0.2) is 0 Å². The second kappa shape index (κ2) is 6.45. The lowest BCUT2D eigenvalue weighted by molar-refractivity contribution is -0.118. The number of hydrogen-bond donors (Lipinski definition) is 3. The fourth-order valence-corrected chi connectivity index (χ4v) is 3.08. The first-order chi connectivity index (χ1) is 10.0. The highest BCUT2D eigenvalue weighted by atomic mass is 32.1. The molecular formula is C14H17N3O3S. The minimum absolute atomic E-state index is 0.246. The molecule has 0 unspecified atom stereocenters. The molecule has 0 fully saturated rings. The number of anilines is 1. The van der Waals surface area contributed by atoms with E-state index in [9.17, 15) is 9.59 Å². The molecule has 2 rings (SSSR count). The number of amides is 2. The summed E-state index contributed by atoms with van der Waals surface area (Å²) in [5.41, 5.74) is 11.5. The van der Waals surface area contributed by atoms with E-state index in [4.69, 9.17) is 16.2 Å². The van der Waals surface area contributed by atoms with Gasteiger partial charge in [-0.05, 0) is 18.6 Å². The van der Waals surface area contributed by atoms with Crippen LogP contribution in [0.3, 0.4) is 0 Å². The number of ether oxygens (including phenoxy) is 1. The number of rotatable bonds is 6. The number of nitrogen functional groups attached to an aromatic ring is 1. The molecule has 2 amide bonds. The molecule has 0 saturated heterocycles. The fraction of sp³-hybridized carbons (Fsp3) is 0.286. The Morgan fingerprint density at radius 1 is 1.38 bits per heavy atom. The first-order valence-corrected chi connectivity index (χ1v) is 7.27. The SMILES string of the molecule is COc1cccc2sc(C(=O)NCCCC(N)=O)c(N)c12. The number of carbonyl (C=O) groups excluding carboxylic acids is 2. The van der Waals surface area contributed by atoms with Gasteiger partial charge in [-0.1, -0.05) is 6.07 Å². The molecule has 2 aromatic rings. The van der Waals surface area contributed by atoms with Gasteiger partial charge in [-0.3, -0.25) is 9.59 Å². The number of nitrogens with one attached hydrogen (secondary N) is 1. The Hall–Kier alpha value is -2.28. The molecule has 0 saturated carbocycles. The molecule has 0 spiro atoms. The normalized spacial score (nSPS) is 10.5. The smallest absolute Gasteiger partial charge is 0.263 e. The Bertz CT molecular complexity index is 681. The molecular weight excluding hydrogens is 290 g/mol. The maximum Gasteiger partial charge on any atom is 0.263 e. The standard InChI is InChI=1S/C14H17N3O3S/c1-20-8-4-2-5-9-11(8)12(16)13(21-9)14(19)17-7-3-6-10(15)18/h2,4-5H,3,6-7,16H2,1H3,(H2,15,18)(H,17,19). The van der Waals surface area contributed by atoms with E-state index in [0.29, 0.717) is 29.3 Å². The van der Waals surface area contributed by atoms with Crippen LogP contribution in [-0.2, 0) is 4.79 Å². The Kier molecular flexibility index (Phi) is 4.64. The van der Waals surface area contributed by atoms with Crippen LogP contribution in [-0.4, -0.2) is 25.5 Å². The van der Waals surface area contributed by atoms with Crippen molar-refractivity contribution in [3.63, 3.8) is 0 Å². The van der Waals surface area contributed by atoms with Crippen LogP contribution in [0, 0.1) is 0 Å². The van der Waals surface area contributed by atoms with Crippen molar-refractivity contribution >= 4 is 38.9 Å². The largest absolute Gasteiger partial charge is 0.496 e. The van der Waals surface area contributed by atoms with Gasteiger partial charge in [-0.25, -0.2) is 0 Å². The zero-order valence-electron chi connectivity index (χ0n) is 11.6. The molecule has 0 radical (unpaired) electrons. The van der Waals surface area contributed by atoms with Gasteiger partial charge < -0.3 is 21.5 Å². The molecule has 7 heteroatoms. The van der Waals surface area contributed by atoms with Gasteiger partial charge in [0.05, 0.1) is 18.2 Å². The van der Waals surface area contributed by atoms with Gasteiger partial charge in [-0.15, -0.1) is 11.3 Å². The molecule has 5 N–H and O–H groups in total. The molecule has 0 bridgehead atoms. The van der Waals surface area contributed by atoms with E-state index in [2.05, 4.69) is 5.32 Å². The van der Waals surface area contributed by atoms with E-state index in [-0.39, 0.29) is 18.2 Å². The lowest BCUT2D eigenvalue weighted by Gasteiger charge is -2.04. The van der Waals surface area contributed by atoms with Crippen LogP contribution in [0.2, 0.25) is 0 Å². The summed E-state index contributed by atoms with van der Waals surface area (Å²) in [6.45, 7) is 0.382. The molecule has 1 aromatic heterocycles. The van der Waals surface area contributed by atoms with E-state index in [0.717, 1.165) is 10.1 Å². The Balaban J connectivity index is 2.16. The maximum absolute atomic E-state index is 12.1. The number of nitrogens with two attached hydrogens (primary N) is 2. The van der Waals surface area contributed by atoms with Crippen LogP contribution in [0.1, 0.15) is 22.5 Å². The Labute approximate surface area is 126 Å². The lowest BCUT2D eigenvalue weighted by atomic mass is 10.2. The molecule has 0 aliphatic rings. The first-order valence-electron chi connectivity index (χ1n) is 6.46. The third-order valence-corrected chi connectivity index (χ3v) is 4.20. The van der Waals surface area contributed by atoms with E-state index >= 15 is 0 Å². The van der Waals surface area contributed by atoms with Crippen molar-refractivity contribution in [3.05, 3.63) is 23.1 Å². The number of methoxy groups -OCH3 is 1. The molecule has 1 heterocycles. The summed E-state index contributed by atoms with van der Waals surface area (Å²) in [6, 6.07) is 5.55. The zero-order chi connectivity index (χ0) is 15.4. The second-order valence-corrected chi connectivity index (χ2v) is 5.56. The van der Waals surface area contributed by atoms with Crippen molar-refractivity contribution < 1.29 is 14.3 Å². The summed E-state index contributed by atoms with van der Waals surface area (Å²) in [7, 11) is 1.56. The van der Waals surface area contributed by atoms with Crippen molar-refractivity contribution in [1.29, 1.82) is 0 Å². The molecule has 1 aromatic carbocycles. The van der Waals surface area contributed by atoms with Gasteiger partial charge in [0, 0.05) is 17.7 Å². The average Bonchev–Trinajstić information content (AvgIpc) is 2.80. The summed E-state index contributed by atoms with van der Waals surface area (Å²) < 4.78 is 6.17. The zero-order valence-corrected chi connectivity index (χ0v) is 12.5. The first kappa shape index (κ1) is 15.1. The lowest BCUT2D eigenvalue weighted by Crippen LogP contribution is -2.25. The third-order valence-electron chi connectivity index (χ3n) is 3.03. The average molecular weight is 307 g/mol. The minimum atomic E-state index is -0.379. The van der Waals surface area contributed by atoms with E-state index < -0.39 is 0 Å². The predicted octanol–water partition coefficient (Wildman–Crippen LogP) is 1.49. The van der Waals surface area contributed by atoms with Crippen LogP contribution >= 0.6 is 11.3 Å². The Morgan fingerprint density at radius 3 is 2.81 bits per heavy atom. The van der Waals surface area contributed by atoms with Gasteiger partial charge in [0.25, 0.3) is 5.91 Å². The second-order valence-electron chi connectivity index (χ2n) is 4.50. The highest BCUT2D eigenvalue weighted by Crippen LogP contribution is 2.39. The summed E-state index contributed by atoms with van der Waals surface area (Å²) in [5.74, 6) is 0.0182.